The Morgan fingerprint density at radius 2 is 2.14 bits per heavy atom. The molecule has 21 heavy (non-hydrogen) atoms. The van der Waals surface area contributed by atoms with E-state index in [1.165, 1.54) is 0 Å². The van der Waals surface area contributed by atoms with E-state index in [0.29, 0.717) is 0 Å². The predicted molar refractivity (Wildman–Crippen MR) is 90.1 cm³/mol. The molecule has 1 amide bonds. The number of halogens is 1. The fourth-order valence-electron chi connectivity index (χ4n) is 2.73. The molecule has 0 spiro atoms. The second-order valence-electron chi connectivity index (χ2n) is 5.33. The molecule has 1 aliphatic heterocycles. The first-order chi connectivity index (χ1) is 10.1. The Kier molecular flexibility index (Phi) is 3.97. The first-order valence-electron chi connectivity index (χ1n) is 7.08. The number of fused-ring (bicyclic) bond motifs is 1. The second-order valence-corrected chi connectivity index (χ2v) is 6.25. The maximum absolute atomic E-state index is 12.6. The van der Waals surface area contributed by atoms with Crippen molar-refractivity contribution in [2.24, 2.45) is 0 Å². The van der Waals surface area contributed by atoms with Crippen molar-refractivity contribution < 1.29 is 4.79 Å². The van der Waals surface area contributed by atoms with Gasteiger partial charge >= 0.3 is 0 Å². The van der Waals surface area contributed by atoms with Crippen molar-refractivity contribution >= 4 is 33.2 Å². The van der Waals surface area contributed by atoms with Gasteiger partial charge in [-0.1, -0.05) is 22.0 Å². The average molecular weight is 345 g/mol. The largest absolute Gasteiger partial charge is 0.385 e. The molecule has 0 saturated carbocycles. The SMILES string of the molecule is Cc1cc(Br)cc(NC(=O)c2cccc3c2CCCN3)c1. The molecule has 0 unspecified atom stereocenters. The van der Waals surface area contributed by atoms with Crippen LogP contribution >= 0.6 is 15.9 Å². The lowest BCUT2D eigenvalue weighted by Crippen LogP contribution is -2.19. The lowest BCUT2D eigenvalue weighted by Gasteiger charge is -2.20. The third kappa shape index (κ3) is 3.10. The van der Waals surface area contributed by atoms with Gasteiger partial charge in [-0.2, -0.15) is 0 Å². The normalized spacial score (nSPS) is 13.2. The van der Waals surface area contributed by atoms with E-state index in [4.69, 9.17) is 0 Å². The molecule has 4 heteroatoms. The molecule has 2 aromatic carbocycles. The number of hydrogen-bond acceptors (Lipinski definition) is 2. The fourth-order valence-corrected chi connectivity index (χ4v) is 3.34. The maximum Gasteiger partial charge on any atom is 0.256 e. The zero-order valence-electron chi connectivity index (χ0n) is 11.9. The molecule has 0 radical (unpaired) electrons. The van der Waals surface area contributed by atoms with Crippen LogP contribution in [0.5, 0.6) is 0 Å². The van der Waals surface area contributed by atoms with Crippen LogP contribution in [0.15, 0.2) is 40.9 Å². The molecule has 108 valence electrons. The highest BCUT2D eigenvalue weighted by molar-refractivity contribution is 9.10. The minimum absolute atomic E-state index is 0.0481. The van der Waals surface area contributed by atoms with Crippen molar-refractivity contribution in [1.82, 2.24) is 0 Å². The van der Waals surface area contributed by atoms with Gasteiger partial charge in [-0.15, -0.1) is 0 Å². The Hall–Kier alpha value is -1.81. The Morgan fingerprint density at radius 1 is 1.29 bits per heavy atom. The number of rotatable bonds is 2. The average Bonchev–Trinajstić information content (AvgIpc) is 2.45. The molecule has 0 atom stereocenters. The number of anilines is 2. The summed E-state index contributed by atoms with van der Waals surface area (Å²) in [6.07, 6.45) is 2.01. The van der Waals surface area contributed by atoms with Crippen molar-refractivity contribution in [1.29, 1.82) is 0 Å². The lowest BCUT2D eigenvalue weighted by molar-refractivity contribution is 0.102. The van der Waals surface area contributed by atoms with E-state index in [9.17, 15) is 4.79 Å². The van der Waals surface area contributed by atoms with Crippen LogP contribution in [0.2, 0.25) is 0 Å². The Morgan fingerprint density at radius 3 is 2.95 bits per heavy atom. The van der Waals surface area contributed by atoms with Crippen LogP contribution < -0.4 is 10.6 Å². The number of nitrogens with one attached hydrogen (secondary N) is 2. The van der Waals surface area contributed by atoms with E-state index in [0.717, 1.165) is 51.9 Å². The van der Waals surface area contributed by atoms with Crippen molar-refractivity contribution in [2.45, 2.75) is 19.8 Å². The monoisotopic (exact) mass is 344 g/mol. The van der Waals surface area contributed by atoms with Gasteiger partial charge in [-0.25, -0.2) is 0 Å². The van der Waals surface area contributed by atoms with Crippen LogP contribution in [-0.2, 0) is 6.42 Å². The van der Waals surface area contributed by atoms with Gasteiger partial charge in [-0.3, -0.25) is 4.79 Å². The van der Waals surface area contributed by atoms with Crippen molar-refractivity contribution in [3.05, 3.63) is 57.6 Å². The van der Waals surface area contributed by atoms with Crippen molar-refractivity contribution in [3.8, 4) is 0 Å². The van der Waals surface area contributed by atoms with E-state index >= 15 is 0 Å². The molecule has 2 aromatic rings. The van der Waals surface area contributed by atoms with Crippen LogP contribution in [0, 0.1) is 6.92 Å². The van der Waals surface area contributed by atoms with Crippen LogP contribution in [0.3, 0.4) is 0 Å². The molecule has 0 saturated heterocycles. The van der Waals surface area contributed by atoms with E-state index in [2.05, 4.69) is 26.6 Å². The van der Waals surface area contributed by atoms with Crippen LogP contribution in [0.1, 0.15) is 27.9 Å². The van der Waals surface area contributed by atoms with E-state index < -0.39 is 0 Å². The van der Waals surface area contributed by atoms with Crippen LogP contribution in [0.4, 0.5) is 11.4 Å². The van der Waals surface area contributed by atoms with Crippen LogP contribution in [-0.4, -0.2) is 12.5 Å². The summed E-state index contributed by atoms with van der Waals surface area (Å²) in [6.45, 7) is 2.98. The molecular formula is C17H17BrN2O. The third-order valence-corrected chi connectivity index (χ3v) is 4.10. The summed E-state index contributed by atoms with van der Waals surface area (Å²) in [6, 6.07) is 11.8. The van der Waals surface area contributed by atoms with Gasteiger partial charge < -0.3 is 10.6 Å². The molecule has 3 nitrogen and oxygen atoms in total. The summed E-state index contributed by atoms with van der Waals surface area (Å²) in [4.78, 5) is 12.6. The highest BCUT2D eigenvalue weighted by atomic mass is 79.9. The van der Waals surface area contributed by atoms with Gasteiger partial charge in [0.1, 0.15) is 0 Å². The topological polar surface area (TPSA) is 41.1 Å². The predicted octanol–water partition coefficient (Wildman–Crippen LogP) is 4.37. The molecule has 0 aliphatic carbocycles. The van der Waals surface area contributed by atoms with Crippen LogP contribution in [0.25, 0.3) is 0 Å². The van der Waals surface area contributed by atoms with Gasteiger partial charge in [0.2, 0.25) is 0 Å². The minimum Gasteiger partial charge on any atom is -0.385 e. The molecule has 0 bridgehead atoms. The minimum atomic E-state index is -0.0481. The first kappa shape index (κ1) is 14.1. The van der Waals surface area contributed by atoms with E-state index in [-0.39, 0.29) is 5.91 Å². The number of carbonyl (C=O) groups excluding carboxylic acids is 1. The summed E-state index contributed by atoms with van der Waals surface area (Å²) >= 11 is 3.46. The highest BCUT2D eigenvalue weighted by Gasteiger charge is 2.17. The van der Waals surface area contributed by atoms with E-state index in [1.54, 1.807) is 0 Å². The molecule has 2 N–H and O–H groups in total. The Labute approximate surface area is 132 Å². The zero-order valence-corrected chi connectivity index (χ0v) is 13.5. The summed E-state index contributed by atoms with van der Waals surface area (Å²) < 4.78 is 0.967. The summed E-state index contributed by atoms with van der Waals surface area (Å²) in [5.74, 6) is -0.0481. The van der Waals surface area contributed by atoms with Gasteiger partial charge in [0, 0.05) is 28.0 Å². The quantitative estimate of drug-likeness (QED) is 0.849. The number of amides is 1. The second kappa shape index (κ2) is 5.90. The van der Waals surface area contributed by atoms with E-state index in [1.807, 2.05) is 43.3 Å². The standard InChI is InChI=1S/C17H17BrN2O/c1-11-8-12(18)10-13(9-11)20-17(21)15-4-2-6-16-14(15)5-3-7-19-16/h2,4,6,8-10,19H,3,5,7H2,1H3,(H,20,21). The molecule has 1 heterocycles. The number of hydrogen-bond donors (Lipinski definition) is 2. The summed E-state index contributed by atoms with van der Waals surface area (Å²) in [7, 11) is 0. The summed E-state index contributed by atoms with van der Waals surface area (Å²) in [5, 5.41) is 6.35. The Balaban J connectivity index is 1.89. The molecule has 1 aliphatic rings. The molecule has 0 aromatic heterocycles. The highest BCUT2D eigenvalue weighted by Crippen LogP contribution is 2.26. The molecule has 3 rings (SSSR count). The smallest absolute Gasteiger partial charge is 0.256 e. The van der Waals surface area contributed by atoms with Gasteiger partial charge in [0.15, 0.2) is 0 Å². The van der Waals surface area contributed by atoms with Gasteiger partial charge in [-0.05, 0) is 61.2 Å². The number of aryl methyl sites for hydroxylation is 1. The van der Waals surface area contributed by atoms with Crippen molar-refractivity contribution in [3.63, 3.8) is 0 Å². The Bertz CT molecular complexity index is 677. The number of benzene rings is 2. The van der Waals surface area contributed by atoms with Crippen molar-refractivity contribution in [2.75, 3.05) is 17.2 Å². The number of carbonyl (C=O) groups is 1. The zero-order chi connectivity index (χ0) is 14.8. The molecule has 0 fully saturated rings. The summed E-state index contributed by atoms with van der Waals surface area (Å²) in [5.41, 5.74) is 4.88. The maximum atomic E-state index is 12.6. The third-order valence-electron chi connectivity index (χ3n) is 3.64. The molecular weight excluding hydrogens is 328 g/mol. The van der Waals surface area contributed by atoms with Gasteiger partial charge in [0.05, 0.1) is 0 Å². The first-order valence-corrected chi connectivity index (χ1v) is 7.87. The van der Waals surface area contributed by atoms with Gasteiger partial charge in [0.25, 0.3) is 5.91 Å². The lowest BCUT2D eigenvalue weighted by atomic mass is 9.97. The fraction of sp³-hybridized carbons (Fsp3) is 0.235.